The van der Waals surface area contributed by atoms with Crippen LogP contribution in [-0.4, -0.2) is 14.5 Å². The summed E-state index contributed by atoms with van der Waals surface area (Å²) in [5, 5.41) is 1.75. The van der Waals surface area contributed by atoms with Gasteiger partial charge in [0.05, 0.1) is 6.54 Å². The number of aromatic nitrogens is 3. The second kappa shape index (κ2) is 4.42. The minimum atomic E-state index is -1.17. The molecule has 0 spiro atoms. The topological polar surface area (TPSA) is 67.8 Å². The van der Waals surface area contributed by atoms with Gasteiger partial charge in [0.1, 0.15) is 5.01 Å². The lowest BCUT2D eigenvalue weighted by molar-refractivity contribution is 0.557. The van der Waals surface area contributed by atoms with Crippen LogP contribution in [0.5, 0.6) is 0 Å². The smallest absolute Gasteiger partial charge is 0.295 e. The van der Waals surface area contributed by atoms with Crippen molar-refractivity contribution in [1.29, 1.82) is 0 Å². The molecule has 0 amide bonds. The lowest BCUT2D eigenvalue weighted by atomic mass is 10.5. The molecule has 8 heteroatoms. The first-order valence-corrected chi connectivity index (χ1v) is 5.84. The molecule has 0 aromatic carbocycles. The Kier molecular flexibility index (Phi) is 3.12. The Hall–Kier alpha value is -1.47. The molecule has 2 heterocycles. The van der Waals surface area contributed by atoms with Crippen LogP contribution in [-0.2, 0) is 6.54 Å². The second-order valence-corrected chi connectivity index (χ2v) is 4.65. The summed E-state index contributed by atoms with van der Waals surface area (Å²) in [6.45, 7) is 1.72. The van der Waals surface area contributed by atoms with Crippen LogP contribution in [0.4, 0.5) is 4.39 Å². The Labute approximate surface area is 104 Å². The number of nitrogens with one attached hydrogen (secondary N) is 1. The molecule has 17 heavy (non-hydrogen) atoms. The van der Waals surface area contributed by atoms with Gasteiger partial charge in [-0.1, -0.05) is 11.6 Å². The summed E-state index contributed by atoms with van der Waals surface area (Å²) in [7, 11) is 0. The Morgan fingerprint density at radius 1 is 1.59 bits per heavy atom. The molecule has 90 valence electrons. The van der Waals surface area contributed by atoms with Crippen LogP contribution in [0, 0.1) is 12.7 Å². The highest BCUT2D eigenvalue weighted by atomic mass is 35.5. The molecule has 0 aliphatic rings. The zero-order valence-corrected chi connectivity index (χ0v) is 10.2. The minimum Gasteiger partial charge on any atom is -0.295 e. The molecule has 1 N–H and O–H groups in total. The molecular weight excluding hydrogens is 269 g/mol. The van der Waals surface area contributed by atoms with E-state index < -0.39 is 22.2 Å². The fraction of sp³-hybridized carbons (Fsp3) is 0.222. The molecule has 2 aromatic rings. The molecule has 0 aliphatic heterocycles. The van der Waals surface area contributed by atoms with Gasteiger partial charge >= 0.3 is 5.69 Å². The highest BCUT2D eigenvalue weighted by Gasteiger charge is 2.13. The van der Waals surface area contributed by atoms with Gasteiger partial charge in [-0.3, -0.25) is 14.3 Å². The van der Waals surface area contributed by atoms with Crippen LogP contribution >= 0.6 is 22.9 Å². The number of halogens is 2. The van der Waals surface area contributed by atoms with E-state index in [1.54, 1.807) is 12.3 Å². The van der Waals surface area contributed by atoms with E-state index >= 15 is 0 Å². The van der Waals surface area contributed by atoms with Crippen LogP contribution < -0.4 is 11.2 Å². The third-order valence-electron chi connectivity index (χ3n) is 2.05. The zero-order valence-electron chi connectivity index (χ0n) is 8.66. The number of nitrogens with zero attached hydrogens (tertiary/aromatic N) is 2. The van der Waals surface area contributed by atoms with E-state index in [0.29, 0.717) is 5.01 Å². The van der Waals surface area contributed by atoms with E-state index in [2.05, 4.69) is 4.98 Å². The summed E-state index contributed by atoms with van der Waals surface area (Å²) in [6.07, 6.45) is 0. The Bertz CT molecular complexity index is 676. The SMILES string of the molecule is Cc1csc(Cn2c(=O)[nH]c(Cl)c(F)c2=O)n1. The molecule has 0 radical (unpaired) electrons. The van der Waals surface area contributed by atoms with Crippen LogP contribution in [0.3, 0.4) is 0 Å². The van der Waals surface area contributed by atoms with E-state index in [1.165, 1.54) is 11.3 Å². The van der Waals surface area contributed by atoms with Gasteiger partial charge in [0.15, 0.2) is 5.15 Å². The Balaban J connectivity index is 2.50. The van der Waals surface area contributed by atoms with Gasteiger partial charge in [-0.2, -0.15) is 4.39 Å². The fourth-order valence-corrected chi connectivity index (χ4v) is 2.20. The van der Waals surface area contributed by atoms with E-state index in [4.69, 9.17) is 11.6 Å². The highest BCUT2D eigenvalue weighted by Crippen LogP contribution is 2.09. The number of hydrogen-bond donors (Lipinski definition) is 1. The fourth-order valence-electron chi connectivity index (χ4n) is 1.28. The number of rotatable bonds is 2. The summed E-state index contributed by atoms with van der Waals surface area (Å²) in [6, 6.07) is 0. The van der Waals surface area contributed by atoms with Crippen molar-refractivity contribution in [3.05, 3.63) is 47.9 Å². The van der Waals surface area contributed by atoms with Crippen molar-refractivity contribution in [3.8, 4) is 0 Å². The lowest BCUT2D eigenvalue weighted by Gasteiger charge is -2.02. The van der Waals surface area contributed by atoms with Crippen molar-refractivity contribution in [2.75, 3.05) is 0 Å². The number of H-pyrrole nitrogens is 1. The molecule has 0 fully saturated rings. The summed E-state index contributed by atoms with van der Waals surface area (Å²) in [5.74, 6) is -1.17. The van der Waals surface area contributed by atoms with Crippen LogP contribution in [0.2, 0.25) is 5.15 Å². The predicted molar refractivity (Wildman–Crippen MR) is 62.2 cm³/mol. The number of aromatic amines is 1. The maximum Gasteiger partial charge on any atom is 0.330 e. The average Bonchev–Trinajstić information content (AvgIpc) is 2.67. The van der Waals surface area contributed by atoms with Crippen molar-refractivity contribution < 1.29 is 4.39 Å². The summed E-state index contributed by atoms with van der Waals surface area (Å²) in [4.78, 5) is 29.1. The van der Waals surface area contributed by atoms with Crippen molar-refractivity contribution in [1.82, 2.24) is 14.5 Å². The van der Waals surface area contributed by atoms with Crippen LogP contribution in [0.25, 0.3) is 0 Å². The largest absolute Gasteiger partial charge is 0.330 e. The quantitative estimate of drug-likeness (QED) is 0.836. The van der Waals surface area contributed by atoms with Gasteiger partial charge in [-0.25, -0.2) is 9.78 Å². The van der Waals surface area contributed by atoms with Gasteiger partial charge in [0, 0.05) is 11.1 Å². The molecule has 0 aliphatic carbocycles. The van der Waals surface area contributed by atoms with E-state index in [1.807, 2.05) is 4.98 Å². The summed E-state index contributed by atoms with van der Waals surface area (Å²) < 4.78 is 13.9. The van der Waals surface area contributed by atoms with Gasteiger partial charge in [0.25, 0.3) is 5.56 Å². The molecule has 0 saturated heterocycles. The first-order chi connectivity index (χ1) is 7.99. The summed E-state index contributed by atoms with van der Waals surface area (Å²) in [5.41, 5.74) is -1.02. The monoisotopic (exact) mass is 275 g/mol. The Morgan fingerprint density at radius 3 is 2.88 bits per heavy atom. The second-order valence-electron chi connectivity index (χ2n) is 3.33. The molecule has 0 bridgehead atoms. The Morgan fingerprint density at radius 2 is 2.29 bits per heavy atom. The molecule has 2 aromatic heterocycles. The number of aryl methyl sites for hydroxylation is 1. The number of thiazole rings is 1. The molecule has 2 rings (SSSR count). The first kappa shape index (κ1) is 12.0. The predicted octanol–water partition coefficient (Wildman–Crippen LogP) is 1.14. The molecule has 0 unspecified atom stereocenters. The lowest BCUT2D eigenvalue weighted by Crippen LogP contribution is -2.37. The number of hydrogen-bond acceptors (Lipinski definition) is 4. The summed E-state index contributed by atoms with van der Waals surface area (Å²) >= 11 is 6.63. The minimum absolute atomic E-state index is 0.0687. The van der Waals surface area contributed by atoms with Gasteiger partial charge in [-0.15, -0.1) is 11.3 Å². The third-order valence-corrected chi connectivity index (χ3v) is 3.26. The van der Waals surface area contributed by atoms with E-state index in [9.17, 15) is 14.0 Å². The molecular formula is C9H7ClFN3O2S. The highest BCUT2D eigenvalue weighted by molar-refractivity contribution is 7.09. The third kappa shape index (κ3) is 2.29. The van der Waals surface area contributed by atoms with Crippen LogP contribution in [0.1, 0.15) is 10.7 Å². The van der Waals surface area contributed by atoms with E-state index in [0.717, 1.165) is 10.3 Å². The maximum atomic E-state index is 13.2. The van der Waals surface area contributed by atoms with Gasteiger partial charge in [0.2, 0.25) is 5.82 Å². The van der Waals surface area contributed by atoms with Crippen molar-refractivity contribution in [2.24, 2.45) is 0 Å². The van der Waals surface area contributed by atoms with Gasteiger partial charge < -0.3 is 0 Å². The first-order valence-electron chi connectivity index (χ1n) is 4.58. The maximum absolute atomic E-state index is 13.2. The normalized spacial score (nSPS) is 10.8. The van der Waals surface area contributed by atoms with Crippen molar-refractivity contribution in [2.45, 2.75) is 13.5 Å². The average molecular weight is 276 g/mol. The van der Waals surface area contributed by atoms with Gasteiger partial charge in [-0.05, 0) is 6.92 Å². The molecule has 0 saturated carbocycles. The van der Waals surface area contributed by atoms with E-state index in [-0.39, 0.29) is 6.54 Å². The van der Waals surface area contributed by atoms with Crippen molar-refractivity contribution in [3.63, 3.8) is 0 Å². The molecule has 5 nitrogen and oxygen atoms in total. The van der Waals surface area contributed by atoms with Crippen molar-refractivity contribution >= 4 is 22.9 Å². The standard InChI is InChI=1S/C9H7ClFN3O2S/c1-4-3-17-5(12-4)2-14-8(15)6(11)7(10)13-9(14)16/h3H,2H2,1H3,(H,13,16). The zero-order chi connectivity index (χ0) is 12.6. The van der Waals surface area contributed by atoms with Crippen LogP contribution in [0.15, 0.2) is 15.0 Å². The molecule has 0 atom stereocenters.